The molecule has 4 amide bonds. The van der Waals surface area contributed by atoms with Crippen molar-refractivity contribution >= 4 is 35.3 Å². The van der Waals surface area contributed by atoms with Crippen molar-refractivity contribution < 1.29 is 19.5 Å². The molecule has 0 aliphatic carbocycles. The average molecular weight is 646 g/mol. The van der Waals surface area contributed by atoms with Crippen LogP contribution in [0.4, 0.5) is 10.5 Å². The van der Waals surface area contributed by atoms with E-state index in [1.807, 2.05) is 87.7 Å². The summed E-state index contributed by atoms with van der Waals surface area (Å²) in [6.07, 6.45) is 2.86. The first-order valence-electron chi connectivity index (χ1n) is 15.9. The molecule has 0 unspecified atom stereocenters. The topological polar surface area (TPSA) is 123 Å². The molecule has 1 aliphatic rings. The van der Waals surface area contributed by atoms with Crippen molar-refractivity contribution in [1.29, 1.82) is 0 Å². The van der Waals surface area contributed by atoms with Gasteiger partial charge in [0.1, 0.15) is 6.04 Å². The Balaban J connectivity index is 1.54. The van der Waals surface area contributed by atoms with E-state index in [0.717, 1.165) is 38.4 Å². The lowest BCUT2D eigenvalue weighted by Crippen LogP contribution is -2.51. The minimum absolute atomic E-state index is 0.135. The molecule has 2 atom stereocenters. The number of hydrogen-bond acceptors (Lipinski definition) is 6. The molecule has 0 spiro atoms. The highest BCUT2D eigenvalue weighted by Gasteiger charge is 2.33. The van der Waals surface area contributed by atoms with Crippen molar-refractivity contribution in [3.8, 4) is 11.1 Å². The third-order valence-corrected chi connectivity index (χ3v) is 8.78. The minimum Gasteiger partial charge on any atom is -0.392 e. The van der Waals surface area contributed by atoms with Crippen LogP contribution in [0, 0.1) is 0 Å². The number of rotatable bonds is 13. The molecule has 246 valence electrons. The van der Waals surface area contributed by atoms with Gasteiger partial charge in [0, 0.05) is 42.2 Å². The maximum absolute atomic E-state index is 14.1. The molecule has 1 heterocycles. The number of urea groups is 1. The van der Waals surface area contributed by atoms with E-state index in [2.05, 4.69) is 27.3 Å². The van der Waals surface area contributed by atoms with Crippen molar-refractivity contribution in [3.63, 3.8) is 0 Å². The van der Waals surface area contributed by atoms with Crippen molar-refractivity contribution in [3.05, 3.63) is 83.4 Å². The van der Waals surface area contributed by atoms with Gasteiger partial charge in [-0.05, 0) is 92.8 Å². The van der Waals surface area contributed by atoms with E-state index < -0.39 is 17.7 Å². The van der Waals surface area contributed by atoms with Crippen LogP contribution < -0.4 is 26.2 Å². The average Bonchev–Trinajstić information content (AvgIpc) is 3.15. The van der Waals surface area contributed by atoms with E-state index in [-0.39, 0.29) is 24.3 Å². The van der Waals surface area contributed by atoms with Gasteiger partial charge in [-0.3, -0.25) is 9.59 Å². The Kier molecular flexibility index (Phi) is 12.3. The Hall–Kier alpha value is -3.86. The third kappa shape index (κ3) is 9.57. The zero-order valence-electron chi connectivity index (χ0n) is 27.5. The monoisotopic (exact) mass is 645 g/mol. The Morgan fingerprint density at radius 3 is 2.50 bits per heavy atom. The van der Waals surface area contributed by atoms with E-state index in [0.29, 0.717) is 39.0 Å². The van der Waals surface area contributed by atoms with E-state index >= 15 is 0 Å². The smallest absolute Gasteiger partial charge is 0.315 e. The molecule has 1 aliphatic heterocycles. The third-order valence-electron chi connectivity index (χ3n) is 8.06. The number of nitrogens with zero attached hydrogens (tertiary/aromatic N) is 1. The van der Waals surface area contributed by atoms with Crippen LogP contribution in [0.1, 0.15) is 57.2 Å². The highest BCUT2D eigenvalue weighted by Crippen LogP contribution is 2.33. The lowest BCUT2D eigenvalue weighted by atomic mass is 9.98. The van der Waals surface area contributed by atoms with Gasteiger partial charge in [0.05, 0.1) is 12.6 Å². The molecular weight excluding hydrogens is 598 g/mol. The number of β-amino-alcohol motifs (C(OH)–C–C–N with tert-alkyl or cyclic N) is 1. The predicted molar refractivity (Wildman–Crippen MR) is 186 cm³/mol. The largest absolute Gasteiger partial charge is 0.392 e. The minimum atomic E-state index is -0.659. The van der Waals surface area contributed by atoms with Crippen LogP contribution >= 0.6 is 11.8 Å². The zero-order valence-corrected chi connectivity index (χ0v) is 28.3. The summed E-state index contributed by atoms with van der Waals surface area (Å²) in [5.41, 5.74) is 5.42. The maximum Gasteiger partial charge on any atom is 0.315 e. The quantitative estimate of drug-likeness (QED) is 0.167. The Morgan fingerprint density at radius 2 is 1.80 bits per heavy atom. The molecule has 0 saturated heterocycles. The molecule has 0 radical (unpaired) electrons. The molecule has 10 heteroatoms. The summed E-state index contributed by atoms with van der Waals surface area (Å²) in [6, 6.07) is 21.5. The van der Waals surface area contributed by atoms with Gasteiger partial charge in [0.15, 0.2) is 0 Å². The Labute approximate surface area is 276 Å². The van der Waals surface area contributed by atoms with Crippen LogP contribution in [0.2, 0.25) is 0 Å². The van der Waals surface area contributed by atoms with E-state index in [9.17, 15) is 19.5 Å². The van der Waals surface area contributed by atoms with Gasteiger partial charge in [-0.25, -0.2) is 4.79 Å². The van der Waals surface area contributed by atoms with Gasteiger partial charge in [0.25, 0.3) is 0 Å². The number of aryl methyl sites for hydroxylation is 1. The summed E-state index contributed by atoms with van der Waals surface area (Å²) >= 11 is 1.66. The van der Waals surface area contributed by atoms with E-state index in [1.54, 1.807) is 23.6 Å². The van der Waals surface area contributed by atoms with E-state index in [1.165, 1.54) is 0 Å². The molecule has 3 aromatic rings. The molecule has 0 saturated carbocycles. The fraction of sp³-hybridized carbons (Fsp3) is 0.417. The second-order valence-electron chi connectivity index (χ2n) is 12.4. The molecular formula is C36H47N5O4S. The number of aliphatic hydroxyl groups is 1. The summed E-state index contributed by atoms with van der Waals surface area (Å²) in [5, 5.41) is 21.6. The molecule has 9 nitrogen and oxygen atoms in total. The van der Waals surface area contributed by atoms with Gasteiger partial charge in [-0.1, -0.05) is 48.5 Å². The molecule has 4 rings (SSSR count). The van der Waals surface area contributed by atoms with Crippen LogP contribution in [-0.4, -0.2) is 60.0 Å². The molecule has 0 fully saturated rings. The van der Waals surface area contributed by atoms with Crippen molar-refractivity contribution in [1.82, 2.24) is 21.3 Å². The van der Waals surface area contributed by atoms with Gasteiger partial charge >= 0.3 is 6.03 Å². The standard InChI is InChI=1S/C36H47N5O4S/c1-6-37-35(45)38-22-28-9-7-8-10-30(28)26-13-11-25(12-14-26)23-41-32-18-16-29(46-5)19-27(32)15-17-31(34(41)44)40-33(43)20-36(3,4)39-21-24(2)42/h7-14,16,18-19,24,31,39,42H,6,15,17,20-23H2,1-5H3,(H,40,43)(H2,37,38,45)/t24-,31-/m1/s1. The number of carbonyl (C=O) groups is 3. The summed E-state index contributed by atoms with van der Waals surface area (Å²) < 4.78 is 0. The number of benzene rings is 3. The number of carbonyl (C=O) groups excluding carboxylic acids is 3. The maximum atomic E-state index is 14.1. The van der Waals surface area contributed by atoms with Gasteiger partial charge < -0.3 is 31.3 Å². The normalized spacial score (nSPS) is 15.5. The van der Waals surface area contributed by atoms with Crippen LogP contribution in [0.25, 0.3) is 11.1 Å². The second-order valence-corrected chi connectivity index (χ2v) is 13.3. The molecule has 0 aromatic heterocycles. The first kappa shape index (κ1) is 35.0. The number of aliphatic hydroxyl groups excluding tert-OH is 1. The highest BCUT2D eigenvalue weighted by atomic mass is 32.2. The summed E-state index contributed by atoms with van der Waals surface area (Å²) in [7, 11) is 0. The first-order chi connectivity index (χ1) is 22.0. The SMILES string of the molecule is CCNC(=O)NCc1ccccc1-c1ccc(CN2C(=O)[C@H](NC(=O)CC(C)(C)NC[C@@H](C)O)CCc3cc(SC)ccc32)cc1. The van der Waals surface area contributed by atoms with Gasteiger partial charge in [-0.15, -0.1) is 11.8 Å². The van der Waals surface area contributed by atoms with Crippen molar-refractivity contribution in [2.75, 3.05) is 24.2 Å². The Morgan fingerprint density at radius 1 is 1.07 bits per heavy atom. The number of anilines is 1. The second kappa shape index (κ2) is 16.1. The summed E-state index contributed by atoms with van der Waals surface area (Å²) in [4.78, 5) is 42.2. The van der Waals surface area contributed by atoms with Crippen molar-refractivity contribution in [2.24, 2.45) is 0 Å². The number of hydrogen-bond donors (Lipinski definition) is 5. The fourth-order valence-electron chi connectivity index (χ4n) is 5.64. The molecule has 5 N–H and O–H groups in total. The summed E-state index contributed by atoms with van der Waals surface area (Å²) in [5.74, 6) is -0.341. The van der Waals surface area contributed by atoms with Gasteiger partial charge in [-0.2, -0.15) is 0 Å². The predicted octanol–water partition coefficient (Wildman–Crippen LogP) is 5.00. The number of thioether (sulfide) groups is 1. The molecule has 0 bridgehead atoms. The van der Waals surface area contributed by atoms with Crippen LogP contribution in [0.15, 0.2) is 71.6 Å². The van der Waals surface area contributed by atoms with Gasteiger partial charge in [0.2, 0.25) is 11.8 Å². The van der Waals surface area contributed by atoms with Crippen LogP contribution in [0.3, 0.4) is 0 Å². The van der Waals surface area contributed by atoms with E-state index in [4.69, 9.17) is 0 Å². The zero-order chi connectivity index (χ0) is 33.3. The lowest BCUT2D eigenvalue weighted by molar-refractivity contribution is -0.128. The highest BCUT2D eigenvalue weighted by molar-refractivity contribution is 7.98. The van der Waals surface area contributed by atoms with Crippen molar-refractivity contribution in [2.45, 2.75) is 82.6 Å². The number of fused-ring (bicyclic) bond motifs is 1. The fourth-order valence-corrected chi connectivity index (χ4v) is 6.10. The lowest BCUT2D eigenvalue weighted by Gasteiger charge is -2.29. The first-order valence-corrected chi connectivity index (χ1v) is 17.1. The molecule has 3 aromatic carbocycles. The summed E-state index contributed by atoms with van der Waals surface area (Å²) in [6.45, 7) is 9.11. The number of amides is 4. The number of nitrogens with one attached hydrogen (secondary N) is 4. The van der Waals surface area contributed by atoms with Crippen LogP contribution in [-0.2, 0) is 29.1 Å². The molecule has 46 heavy (non-hydrogen) atoms. The Bertz CT molecular complexity index is 1510. The van der Waals surface area contributed by atoms with Crippen LogP contribution in [0.5, 0.6) is 0 Å².